The molecule has 0 aliphatic rings. The lowest BCUT2D eigenvalue weighted by Gasteiger charge is -2.05. The van der Waals surface area contributed by atoms with Crippen LogP contribution in [0.4, 0.5) is 0 Å². The Hall–Kier alpha value is -1.41. The summed E-state index contributed by atoms with van der Waals surface area (Å²) in [6.07, 6.45) is 0. The van der Waals surface area contributed by atoms with Crippen molar-refractivity contribution in [3.8, 4) is 0 Å². The summed E-state index contributed by atoms with van der Waals surface area (Å²) in [6.45, 7) is 1.82. The van der Waals surface area contributed by atoms with Crippen molar-refractivity contribution in [2.75, 3.05) is 0 Å². The molecule has 5 nitrogen and oxygen atoms in total. The van der Waals surface area contributed by atoms with Gasteiger partial charge in [-0.05, 0) is 36.2 Å². The number of aryl methyl sites for hydroxylation is 1. The Morgan fingerprint density at radius 3 is 2.43 bits per heavy atom. The van der Waals surface area contributed by atoms with Gasteiger partial charge in [0.05, 0.1) is 9.90 Å². The van der Waals surface area contributed by atoms with E-state index in [1.54, 1.807) is 19.1 Å². The standard InChI is InChI=1S/C13H12ClNO4S2/c1-8-6-11(20-12(8)14)21(18,19)15-7-9-2-4-10(5-3-9)13(16)17/h2-6,15H,7H2,1H3,(H,16,17). The van der Waals surface area contributed by atoms with Crippen LogP contribution in [-0.2, 0) is 16.6 Å². The van der Waals surface area contributed by atoms with Gasteiger partial charge in [0.2, 0.25) is 10.0 Å². The Morgan fingerprint density at radius 2 is 1.95 bits per heavy atom. The van der Waals surface area contributed by atoms with Gasteiger partial charge in [0.15, 0.2) is 0 Å². The van der Waals surface area contributed by atoms with E-state index in [0.717, 1.165) is 11.3 Å². The number of sulfonamides is 1. The van der Waals surface area contributed by atoms with Crippen LogP contribution in [0.5, 0.6) is 0 Å². The van der Waals surface area contributed by atoms with Crippen LogP contribution < -0.4 is 4.72 Å². The highest BCUT2D eigenvalue weighted by Crippen LogP contribution is 2.29. The first kappa shape index (κ1) is 16.0. The quantitative estimate of drug-likeness (QED) is 0.872. The molecule has 8 heteroatoms. The van der Waals surface area contributed by atoms with Crippen LogP contribution in [0.2, 0.25) is 4.34 Å². The Balaban J connectivity index is 2.09. The highest BCUT2D eigenvalue weighted by atomic mass is 35.5. The number of halogens is 1. The van der Waals surface area contributed by atoms with E-state index in [4.69, 9.17) is 16.7 Å². The van der Waals surface area contributed by atoms with Crippen LogP contribution in [0, 0.1) is 6.92 Å². The summed E-state index contributed by atoms with van der Waals surface area (Å²) < 4.78 is 27.2. The summed E-state index contributed by atoms with van der Waals surface area (Å²) in [5.41, 5.74) is 1.54. The molecule has 2 rings (SSSR count). The number of carbonyl (C=O) groups is 1. The largest absolute Gasteiger partial charge is 0.478 e. The molecular weight excluding hydrogens is 334 g/mol. The molecule has 0 aliphatic heterocycles. The first-order chi connectivity index (χ1) is 9.79. The molecule has 1 heterocycles. The maximum atomic E-state index is 12.1. The van der Waals surface area contributed by atoms with Crippen molar-refractivity contribution in [2.24, 2.45) is 0 Å². The Labute approximate surface area is 131 Å². The fourth-order valence-electron chi connectivity index (χ4n) is 1.58. The van der Waals surface area contributed by atoms with E-state index in [1.165, 1.54) is 18.2 Å². The van der Waals surface area contributed by atoms with Gasteiger partial charge in [-0.25, -0.2) is 17.9 Å². The van der Waals surface area contributed by atoms with E-state index in [2.05, 4.69) is 4.72 Å². The van der Waals surface area contributed by atoms with Crippen LogP contribution in [0.1, 0.15) is 21.5 Å². The van der Waals surface area contributed by atoms with Gasteiger partial charge in [0.1, 0.15) is 4.21 Å². The molecule has 0 fully saturated rings. The predicted molar refractivity (Wildman–Crippen MR) is 81.5 cm³/mol. The number of carboxylic acid groups (broad SMARTS) is 1. The van der Waals surface area contributed by atoms with E-state index in [1.807, 2.05) is 0 Å². The molecule has 0 aliphatic carbocycles. The molecule has 2 aromatic rings. The third-order valence-corrected chi connectivity index (χ3v) is 6.20. The average molecular weight is 346 g/mol. The second kappa shape index (κ2) is 6.15. The zero-order valence-electron chi connectivity index (χ0n) is 11.0. The lowest BCUT2D eigenvalue weighted by molar-refractivity contribution is 0.0697. The van der Waals surface area contributed by atoms with Gasteiger partial charge in [0.25, 0.3) is 0 Å². The highest BCUT2D eigenvalue weighted by molar-refractivity contribution is 7.91. The van der Waals surface area contributed by atoms with Gasteiger partial charge < -0.3 is 5.11 Å². The second-order valence-corrected chi connectivity index (χ2v) is 8.00. The van der Waals surface area contributed by atoms with E-state index in [0.29, 0.717) is 15.5 Å². The van der Waals surface area contributed by atoms with Crippen LogP contribution in [0.15, 0.2) is 34.5 Å². The molecule has 0 atom stereocenters. The molecule has 0 unspecified atom stereocenters. The summed E-state index contributed by atoms with van der Waals surface area (Å²) in [4.78, 5) is 10.7. The van der Waals surface area contributed by atoms with E-state index in [-0.39, 0.29) is 16.3 Å². The third kappa shape index (κ3) is 3.82. The second-order valence-electron chi connectivity index (χ2n) is 4.35. The third-order valence-electron chi connectivity index (χ3n) is 2.77. The molecule has 0 amide bonds. The minimum Gasteiger partial charge on any atom is -0.478 e. The van der Waals surface area contributed by atoms with Gasteiger partial charge in [-0.15, -0.1) is 11.3 Å². The maximum absolute atomic E-state index is 12.1. The van der Waals surface area contributed by atoms with Crippen molar-refractivity contribution in [3.05, 3.63) is 51.4 Å². The highest BCUT2D eigenvalue weighted by Gasteiger charge is 2.18. The van der Waals surface area contributed by atoms with E-state index in [9.17, 15) is 13.2 Å². The number of hydrogen-bond acceptors (Lipinski definition) is 4. The number of carboxylic acids is 1. The average Bonchev–Trinajstić information content (AvgIpc) is 2.78. The molecule has 112 valence electrons. The van der Waals surface area contributed by atoms with Crippen LogP contribution in [-0.4, -0.2) is 19.5 Å². The summed E-state index contributed by atoms with van der Waals surface area (Å²) in [5.74, 6) is -1.02. The smallest absolute Gasteiger partial charge is 0.335 e. The topological polar surface area (TPSA) is 83.5 Å². The van der Waals surface area contributed by atoms with Gasteiger partial charge in [-0.3, -0.25) is 0 Å². The molecule has 0 saturated heterocycles. The van der Waals surface area contributed by atoms with Crippen molar-refractivity contribution < 1.29 is 18.3 Å². The molecule has 0 saturated carbocycles. The number of benzene rings is 1. The molecule has 1 aromatic heterocycles. The number of thiophene rings is 1. The molecule has 21 heavy (non-hydrogen) atoms. The van der Waals surface area contributed by atoms with E-state index >= 15 is 0 Å². The zero-order chi connectivity index (χ0) is 15.6. The first-order valence-corrected chi connectivity index (χ1v) is 8.55. The minimum absolute atomic E-state index is 0.0802. The summed E-state index contributed by atoms with van der Waals surface area (Å²) >= 11 is 6.87. The Bertz CT molecular complexity index is 746. The van der Waals surface area contributed by atoms with Crippen molar-refractivity contribution >= 4 is 38.9 Å². The van der Waals surface area contributed by atoms with Crippen molar-refractivity contribution in [1.82, 2.24) is 4.72 Å². The SMILES string of the molecule is Cc1cc(S(=O)(=O)NCc2ccc(C(=O)O)cc2)sc1Cl. The normalized spacial score (nSPS) is 11.5. The molecule has 2 N–H and O–H groups in total. The Kier molecular flexibility index (Phi) is 4.67. The Morgan fingerprint density at radius 1 is 1.33 bits per heavy atom. The summed E-state index contributed by atoms with van der Waals surface area (Å²) in [5, 5.41) is 8.79. The summed E-state index contributed by atoms with van der Waals surface area (Å²) in [6, 6.07) is 7.51. The lowest BCUT2D eigenvalue weighted by Crippen LogP contribution is -2.22. The van der Waals surface area contributed by atoms with Crippen LogP contribution >= 0.6 is 22.9 Å². The number of nitrogens with one attached hydrogen (secondary N) is 1. The van der Waals surface area contributed by atoms with Gasteiger partial charge >= 0.3 is 5.97 Å². The summed E-state index contributed by atoms with van der Waals surface area (Å²) in [7, 11) is -3.62. The van der Waals surface area contributed by atoms with Crippen LogP contribution in [0.3, 0.4) is 0 Å². The zero-order valence-corrected chi connectivity index (χ0v) is 13.3. The van der Waals surface area contributed by atoms with Gasteiger partial charge in [-0.1, -0.05) is 23.7 Å². The predicted octanol–water partition coefficient (Wildman–Crippen LogP) is 2.89. The van der Waals surface area contributed by atoms with Gasteiger partial charge in [-0.2, -0.15) is 0 Å². The van der Waals surface area contributed by atoms with E-state index < -0.39 is 16.0 Å². The number of rotatable bonds is 5. The fraction of sp³-hybridized carbons (Fsp3) is 0.154. The lowest BCUT2D eigenvalue weighted by atomic mass is 10.1. The fourth-order valence-corrected chi connectivity index (χ4v) is 4.35. The molecule has 1 aromatic carbocycles. The molecule has 0 spiro atoms. The number of hydrogen-bond donors (Lipinski definition) is 2. The first-order valence-electron chi connectivity index (χ1n) is 5.87. The minimum atomic E-state index is -3.62. The maximum Gasteiger partial charge on any atom is 0.335 e. The van der Waals surface area contributed by atoms with Crippen LogP contribution in [0.25, 0.3) is 0 Å². The van der Waals surface area contributed by atoms with Crippen molar-refractivity contribution in [2.45, 2.75) is 17.7 Å². The number of aromatic carboxylic acids is 1. The monoisotopic (exact) mass is 345 g/mol. The molecular formula is C13H12ClNO4S2. The van der Waals surface area contributed by atoms with Crippen molar-refractivity contribution in [1.29, 1.82) is 0 Å². The molecule has 0 bridgehead atoms. The molecule has 0 radical (unpaired) electrons. The van der Waals surface area contributed by atoms with Crippen molar-refractivity contribution in [3.63, 3.8) is 0 Å². The van der Waals surface area contributed by atoms with Gasteiger partial charge in [0, 0.05) is 6.54 Å².